The van der Waals surface area contributed by atoms with E-state index in [1.807, 2.05) is 19.1 Å². The van der Waals surface area contributed by atoms with E-state index >= 15 is 0 Å². The van der Waals surface area contributed by atoms with Crippen molar-refractivity contribution in [2.75, 3.05) is 18.2 Å². The molecule has 0 aliphatic heterocycles. The Morgan fingerprint density at radius 2 is 1.95 bits per heavy atom. The fourth-order valence-corrected chi connectivity index (χ4v) is 2.29. The van der Waals surface area contributed by atoms with Gasteiger partial charge >= 0.3 is 0 Å². The topological polar surface area (TPSA) is 64.3 Å². The van der Waals surface area contributed by atoms with Gasteiger partial charge < -0.3 is 15.8 Å². The van der Waals surface area contributed by atoms with Crippen molar-refractivity contribution in [3.05, 3.63) is 51.5 Å². The highest BCUT2D eigenvalue weighted by atomic mass is 35.5. The summed E-state index contributed by atoms with van der Waals surface area (Å²) < 4.78 is 5.24. The standard InChI is InChI=1S/C15H14Cl2N2O2/c1-8-3-4-12(13(5-8)21-2)19-15(20)10-6-9(18)7-11(16)14(10)17/h3-7H,18H2,1-2H3,(H,19,20). The van der Waals surface area contributed by atoms with Crippen LogP contribution in [-0.4, -0.2) is 13.0 Å². The SMILES string of the molecule is COc1cc(C)ccc1NC(=O)c1cc(N)cc(Cl)c1Cl. The maximum Gasteiger partial charge on any atom is 0.257 e. The van der Waals surface area contributed by atoms with Gasteiger partial charge in [-0.3, -0.25) is 4.79 Å². The van der Waals surface area contributed by atoms with Crippen LogP contribution in [-0.2, 0) is 0 Å². The molecule has 2 rings (SSSR count). The Kier molecular flexibility index (Phi) is 4.60. The van der Waals surface area contributed by atoms with Crippen molar-refractivity contribution in [2.45, 2.75) is 6.92 Å². The largest absolute Gasteiger partial charge is 0.495 e. The lowest BCUT2D eigenvalue weighted by molar-refractivity contribution is 0.102. The van der Waals surface area contributed by atoms with Crippen molar-refractivity contribution in [3.8, 4) is 5.75 Å². The molecule has 0 radical (unpaired) electrons. The number of hydrogen-bond donors (Lipinski definition) is 2. The van der Waals surface area contributed by atoms with E-state index in [1.54, 1.807) is 6.07 Å². The van der Waals surface area contributed by atoms with Crippen molar-refractivity contribution < 1.29 is 9.53 Å². The van der Waals surface area contributed by atoms with Gasteiger partial charge in [0.25, 0.3) is 5.91 Å². The van der Waals surface area contributed by atoms with E-state index in [-0.39, 0.29) is 15.6 Å². The first-order valence-electron chi connectivity index (χ1n) is 6.13. The Hall–Kier alpha value is -1.91. The van der Waals surface area contributed by atoms with Crippen molar-refractivity contribution in [2.24, 2.45) is 0 Å². The zero-order valence-electron chi connectivity index (χ0n) is 11.5. The number of ether oxygens (including phenoxy) is 1. The minimum Gasteiger partial charge on any atom is -0.495 e. The van der Waals surface area contributed by atoms with Crippen LogP contribution in [0, 0.1) is 6.92 Å². The van der Waals surface area contributed by atoms with Gasteiger partial charge in [0.15, 0.2) is 0 Å². The van der Waals surface area contributed by atoms with Gasteiger partial charge in [0.1, 0.15) is 5.75 Å². The van der Waals surface area contributed by atoms with Gasteiger partial charge in [-0.05, 0) is 36.8 Å². The first kappa shape index (κ1) is 15.5. The average molecular weight is 325 g/mol. The lowest BCUT2D eigenvalue weighted by Crippen LogP contribution is -2.14. The lowest BCUT2D eigenvalue weighted by atomic mass is 10.1. The Morgan fingerprint density at radius 3 is 2.62 bits per heavy atom. The van der Waals surface area contributed by atoms with E-state index in [1.165, 1.54) is 19.2 Å². The maximum absolute atomic E-state index is 12.3. The Bertz CT molecular complexity index is 702. The lowest BCUT2D eigenvalue weighted by Gasteiger charge is -2.12. The summed E-state index contributed by atoms with van der Waals surface area (Å²) in [6.07, 6.45) is 0. The average Bonchev–Trinajstić information content (AvgIpc) is 2.44. The van der Waals surface area contributed by atoms with Gasteiger partial charge in [-0.15, -0.1) is 0 Å². The number of carbonyl (C=O) groups is 1. The number of aryl methyl sites for hydroxylation is 1. The summed E-state index contributed by atoms with van der Waals surface area (Å²) >= 11 is 12.0. The van der Waals surface area contributed by atoms with Gasteiger partial charge in [-0.2, -0.15) is 0 Å². The molecular weight excluding hydrogens is 311 g/mol. The zero-order chi connectivity index (χ0) is 15.6. The molecule has 0 bridgehead atoms. The molecule has 2 aromatic rings. The summed E-state index contributed by atoms with van der Waals surface area (Å²) in [5.74, 6) is 0.158. The molecule has 110 valence electrons. The molecule has 0 unspecified atom stereocenters. The number of nitrogens with one attached hydrogen (secondary N) is 1. The molecule has 3 N–H and O–H groups in total. The van der Waals surface area contributed by atoms with Crippen molar-refractivity contribution in [1.29, 1.82) is 0 Å². The highest BCUT2D eigenvalue weighted by molar-refractivity contribution is 6.44. The third kappa shape index (κ3) is 3.40. The fourth-order valence-electron chi connectivity index (χ4n) is 1.87. The summed E-state index contributed by atoms with van der Waals surface area (Å²) in [6.45, 7) is 1.93. The zero-order valence-corrected chi connectivity index (χ0v) is 13.0. The number of hydrogen-bond acceptors (Lipinski definition) is 3. The van der Waals surface area contributed by atoms with Crippen molar-refractivity contribution in [3.63, 3.8) is 0 Å². The van der Waals surface area contributed by atoms with Crippen LogP contribution in [0.4, 0.5) is 11.4 Å². The smallest absolute Gasteiger partial charge is 0.257 e. The molecule has 21 heavy (non-hydrogen) atoms. The van der Waals surface area contributed by atoms with Crippen molar-refractivity contribution in [1.82, 2.24) is 0 Å². The third-order valence-electron chi connectivity index (χ3n) is 2.90. The van der Waals surface area contributed by atoms with Crippen molar-refractivity contribution >= 4 is 40.5 Å². The van der Waals surface area contributed by atoms with Gasteiger partial charge in [-0.25, -0.2) is 0 Å². The summed E-state index contributed by atoms with van der Waals surface area (Å²) in [4.78, 5) is 12.3. The fraction of sp³-hybridized carbons (Fsp3) is 0.133. The molecule has 0 atom stereocenters. The number of halogens is 2. The molecule has 2 aromatic carbocycles. The second-order valence-corrected chi connectivity index (χ2v) is 5.31. The number of carbonyl (C=O) groups excluding carboxylic acids is 1. The Balaban J connectivity index is 2.35. The number of nitrogens with two attached hydrogens (primary N) is 1. The van der Waals surface area contributed by atoms with E-state index < -0.39 is 5.91 Å². The predicted octanol–water partition coefficient (Wildman–Crippen LogP) is 4.14. The summed E-state index contributed by atoms with van der Waals surface area (Å²) in [5.41, 5.74) is 7.83. The molecule has 0 fully saturated rings. The highest BCUT2D eigenvalue weighted by Crippen LogP contribution is 2.31. The van der Waals surface area contributed by atoms with E-state index in [0.29, 0.717) is 17.1 Å². The molecular formula is C15H14Cl2N2O2. The number of amides is 1. The molecule has 0 aromatic heterocycles. The highest BCUT2D eigenvalue weighted by Gasteiger charge is 2.16. The van der Waals surface area contributed by atoms with E-state index in [2.05, 4.69) is 5.32 Å². The summed E-state index contributed by atoms with van der Waals surface area (Å²) in [6, 6.07) is 8.42. The van der Waals surface area contributed by atoms with Crippen LogP contribution in [0.2, 0.25) is 10.0 Å². The summed E-state index contributed by atoms with van der Waals surface area (Å²) in [7, 11) is 1.54. The number of rotatable bonds is 3. The van der Waals surface area contributed by atoms with Crippen LogP contribution >= 0.6 is 23.2 Å². The Labute approximate surface area is 132 Å². The predicted molar refractivity (Wildman–Crippen MR) is 86.6 cm³/mol. The quantitative estimate of drug-likeness (QED) is 0.834. The van der Waals surface area contributed by atoms with Gasteiger partial charge in [-0.1, -0.05) is 29.3 Å². The number of nitrogen functional groups attached to an aromatic ring is 1. The molecule has 0 saturated heterocycles. The van der Waals surface area contributed by atoms with Crippen LogP contribution in [0.5, 0.6) is 5.75 Å². The molecule has 6 heteroatoms. The minimum atomic E-state index is -0.406. The van der Waals surface area contributed by atoms with Crippen LogP contribution in [0.3, 0.4) is 0 Å². The molecule has 4 nitrogen and oxygen atoms in total. The monoisotopic (exact) mass is 324 g/mol. The van der Waals surface area contributed by atoms with Crippen LogP contribution in [0.15, 0.2) is 30.3 Å². The molecule has 0 spiro atoms. The second-order valence-electron chi connectivity index (χ2n) is 4.52. The number of anilines is 2. The molecule has 0 aliphatic rings. The van der Waals surface area contributed by atoms with Gasteiger partial charge in [0, 0.05) is 5.69 Å². The van der Waals surface area contributed by atoms with E-state index in [9.17, 15) is 4.79 Å². The maximum atomic E-state index is 12.3. The molecule has 0 saturated carbocycles. The van der Waals surface area contributed by atoms with E-state index in [0.717, 1.165) is 5.56 Å². The first-order chi connectivity index (χ1) is 9.92. The molecule has 0 heterocycles. The van der Waals surface area contributed by atoms with Crippen LogP contribution < -0.4 is 15.8 Å². The normalized spacial score (nSPS) is 10.3. The van der Waals surface area contributed by atoms with E-state index in [4.69, 9.17) is 33.7 Å². The van der Waals surface area contributed by atoms with Gasteiger partial charge in [0.2, 0.25) is 0 Å². The number of methoxy groups -OCH3 is 1. The molecule has 1 amide bonds. The third-order valence-corrected chi connectivity index (χ3v) is 3.70. The first-order valence-corrected chi connectivity index (χ1v) is 6.88. The Morgan fingerprint density at radius 1 is 1.24 bits per heavy atom. The number of benzene rings is 2. The summed E-state index contributed by atoms with van der Waals surface area (Å²) in [5, 5.41) is 3.13. The van der Waals surface area contributed by atoms with Gasteiger partial charge in [0.05, 0.1) is 28.4 Å². The van der Waals surface area contributed by atoms with Crippen LogP contribution in [0.1, 0.15) is 15.9 Å². The second kappa shape index (κ2) is 6.24. The minimum absolute atomic E-state index is 0.162. The molecule has 0 aliphatic carbocycles. The van der Waals surface area contributed by atoms with Crippen LogP contribution in [0.25, 0.3) is 0 Å².